The molecule has 2 aliphatic carbocycles. The van der Waals surface area contributed by atoms with Gasteiger partial charge in [-0.3, -0.25) is 0 Å². The SMILES string of the molecule is C=C1CC[C@@H]2[C@](C)(CCC[C@]2(C)C(=O)OC)[C@H]1[C@H]([Se]c1ccccc1)C(=O)OC. The van der Waals surface area contributed by atoms with Gasteiger partial charge < -0.3 is 0 Å². The van der Waals surface area contributed by atoms with Crippen molar-refractivity contribution in [2.45, 2.75) is 50.8 Å². The van der Waals surface area contributed by atoms with Crippen LogP contribution in [0.15, 0.2) is 42.5 Å². The molecule has 0 N–H and O–H groups in total. The molecule has 158 valence electrons. The first kappa shape index (κ1) is 22.1. The molecule has 0 bridgehead atoms. The van der Waals surface area contributed by atoms with Crippen molar-refractivity contribution in [2.24, 2.45) is 22.7 Å². The van der Waals surface area contributed by atoms with E-state index >= 15 is 0 Å². The summed E-state index contributed by atoms with van der Waals surface area (Å²) >= 11 is -0.0774. The Morgan fingerprint density at radius 2 is 1.83 bits per heavy atom. The number of allylic oxidation sites excluding steroid dienone is 1. The molecule has 5 heteroatoms. The van der Waals surface area contributed by atoms with E-state index in [1.807, 2.05) is 18.2 Å². The van der Waals surface area contributed by atoms with Crippen molar-refractivity contribution in [1.82, 2.24) is 0 Å². The fourth-order valence-electron chi connectivity index (χ4n) is 5.94. The van der Waals surface area contributed by atoms with Gasteiger partial charge in [0, 0.05) is 0 Å². The molecule has 0 aromatic heterocycles. The Hall–Kier alpha value is -1.58. The van der Waals surface area contributed by atoms with Crippen LogP contribution in [0.25, 0.3) is 0 Å². The summed E-state index contributed by atoms with van der Waals surface area (Å²) < 4.78 is 11.7. The molecule has 0 saturated heterocycles. The van der Waals surface area contributed by atoms with Gasteiger partial charge in [-0.1, -0.05) is 0 Å². The summed E-state index contributed by atoms with van der Waals surface area (Å²) in [5.41, 5.74) is 0.443. The van der Waals surface area contributed by atoms with Gasteiger partial charge in [-0.05, 0) is 0 Å². The van der Waals surface area contributed by atoms with E-state index in [-0.39, 0.29) is 49.0 Å². The fraction of sp³-hybridized carbons (Fsp3) is 0.583. The van der Waals surface area contributed by atoms with Gasteiger partial charge in [-0.2, -0.15) is 0 Å². The minimum absolute atomic E-state index is 0.0122. The van der Waals surface area contributed by atoms with Gasteiger partial charge >= 0.3 is 181 Å². The number of hydrogen-bond donors (Lipinski definition) is 0. The second kappa shape index (κ2) is 8.65. The van der Waals surface area contributed by atoms with E-state index in [0.29, 0.717) is 0 Å². The number of benzene rings is 1. The van der Waals surface area contributed by atoms with E-state index in [0.717, 1.165) is 37.7 Å². The van der Waals surface area contributed by atoms with Gasteiger partial charge in [0.25, 0.3) is 0 Å². The van der Waals surface area contributed by atoms with Crippen LogP contribution < -0.4 is 4.46 Å². The van der Waals surface area contributed by atoms with Crippen LogP contribution in [0.5, 0.6) is 0 Å². The Kier molecular flexibility index (Phi) is 6.60. The summed E-state index contributed by atoms with van der Waals surface area (Å²) in [6.45, 7) is 8.73. The molecular formula is C24H32O4Se. The standard InChI is InChI=1S/C24H32O4Se/c1-16-12-13-18-23(2,14-9-15-24(18,3)22(26)28-5)19(16)20(21(25)27-4)29-17-10-7-6-8-11-17/h6-8,10-11,18-20H,1,9,12-15H2,2-5H3/t18-,19-,20+,23+,24+/m1/s1. The normalized spacial score (nSPS) is 32.8. The zero-order chi connectivity index (χ0) is 21.2. The second-order valence-electron chi connectivity index (χ2n) is 8.87. The molecule has 2 fully saturated rings. The minimum atomic E-state index is -0.513. The summed E-state index contributed by atoms with van der Waals surface area (Å²) in [4.78, 5) is 25.5. The van der Waals surface area contributed by atoms with E-state index in [1.165, 1.54) is 18.7 Å². The number of hydrogen-bond acceptors (Lipinski definition) is 4. The van der Waals surface area contributed by atoms with Crippen molar-refractivity contribution in [3.8, 4) is 0 Å². The summed E-state index contributed by atoms with van der Waals surface area (Å²) in [6, 6.07) is 10.2. The quantitative estimate of drug-likeness (QED) is 0.377. The van der Waals surface area contributed by atoms with Gasteiger partial charge in [-0.25, -0.2) is 0 Å². The van der Waals surface area contributed by atoms with Gasteiger partial charge in [0.15, 0.2) is 0 Å². The molecule has 29 heavy (non-hydrogen) atoms. The molecular weight excluding hydrogens is 431 g/mol. The summed E-state index contributed by atoms with van der Waals surface area (Å²) in [5, 5.41) is 0. The van der Waals surface area contributed by atoms with Crippen molar-refractivity contribution < 1.29 is 19.1 Å². The van der Waals surface area contributed by atoms with Gasteiger partial charge in [0.05, 0.1) is 0 Å². The van der Waals surface area contributed by atoms with Crippen LogP contribution >= 0.6 is 0 Å². The maximum absolute atomic E-state index is 13.0. The van der Waals surface area contributed by atoms with Crippen molar-refractivity contribution in [2.75, 3.05) is 14.2 Å². The monoisotopic (exact) mass is 464 g/mol. The summed E-state index contributed by atoms with van der Waals surface area (Å²) in [6.07, 6.45) is 4.55. The van der Waals surface area contributed by atoms with E-state index in [4.69, 9.17) is 9.47 Å². The van der Waals surface area contributed by atoms with Crippen LogP contribution in [0.2, 0.25) is 4.82 Å². The third-order valence-electron chi connectivity index (χ3n) is 7.28. The van der Waals surface area contributed by atoms with Crippen molar-refractivity contribution in [3.05, 3.63) is 42.5 Å². The predicted octanol–water partition coefficient (Wildman–Crippen LogP) is 3.93. The maximum atomic E-state index is 13.0. The zero-order valence-electron chi connectivity index (χ0n) is 17.9. The molecule has 0 radical (unpaired) electrons. The van der Waals surface area contributed by atoms with Gasteiger partial charge in [-0.15, -0.1) is 0 Å². The van der Waals surface area contributed by atoms with Crippen molar-refractivity contribution in [1.29, 1.82) is 0 Å². The second-order valence-corrected chi connectivity index (χ2v) is 11.4. The third-order valence-corrected chi connectivity index (χ3v) is 9.92. The first-order chi connectivity index (χ1) is 13.8. The van der Waals surface area contributed by atoms with E-state index in [9.17, 15) is 9.59 Å². The topological polar surface area (TPSA) is 52.6 Å². The summed E-state index contributed by atoms with van der Waals surface area (Å²) in [7, 11) is 2.95. The molecule has 0 aliphatic heterocycles. The molecule has 3 rings (SSSR count). The Bertz CT molecular complexity index is 776. The number of methoxy groups -OCH3 is 2. The molecule has 1 aromatic rings. The number of esters is 2. The number of ether oxygens (including phenoxy) is 2. The molecule has 2 aliphatic rings. The molecule has 1 aromatic carbocycles. The number of rotatable bonds is 5. The fourth-order valence-corrected chi connectivity index (χ4v) is 8.96. The Balaban J connectivity index is 2.03. The first-order valence-corrected chi connectivity index (χ1v) is 12.2. The summed E-state index contributed by atoms with van der Waals surface area (Å²) in [5.74, 6) is -0.0984. The van der Waals surface area contributed by atoms with Crippen LogP contribution in [0.3, 0.4) is 0 Å². The molecule has 0 spiro atoms. The first-order valence-electron chi connectivity index (χ1n) is 10.3. The van der Waals surface area contributed by atoms with Crippen LogP contribution in [0, 0.1) is 22.7 Å². The van der Waals surface area contributed by atoms with Crippen LogP contribution in [-0.4, -0.2) is 41.1 Å². The number of carbonyl (C=O) groups is 2. The van der Waals surface area contributed by atoms with Crippen molar-refractivity contribution >= 4 is 31.4 Å². The van der Waals surface area contributed by atoms with E-state index in [1.54, 1.807) is 0 Å². The average molecular weight is 463 g/mol. The molecule has 4 nitrogen and oxygen atoms in total. The zero-order valence-corrected chi connectivity index (χ0v) is 19.6. The molecule has 0 unspecified atom stereocenters. The van der Waals surface area contributed by atoms with E-state index < -0.39 is 5.41 Å². The molecule has 0 heterocycles. The molecule has 5 atom stereocenters. The average Bonchev–Trinajstić information content (AvgIpc) is 2.72. The van der Waals surface area contributed by atoms with Gasteiger partial charge in [0.1, 0.15) is 0 Å². The van der Waals surface area contributed by atoms with Crippen molar-refractivity contribution in [3.63, 3.8) is 0 Å². The Morgan fingerprint density at radius 3 is 2.45 bits per heavy atom. The number of carbonyl (C=O) groups excluding carboxylic acids is 2. The Labute approximate surface area is 180 Å². The predicted molar refractivity (Wildman–Crippen MR) is 115 cm³/mol. The van der Waals surface area contributed by atoms with Crippen LogP contribution in [0.1, 0.15) is 46.0 Å². The van der Waals surface area contributed by atoms with Crippen LogP contribution in [0.4, 0.5) is 0 Å². The number of fused-ring (bicyclic) bond motifs is 1. The van der Waals surface area contributed by atoms with E-state index in [2.05, 4.69) is 32.6 Å². The molecule has 0 amide bonds. The van der Waals surface area contributed by atoms with Crippen LogP contribution in [-0.2, 0) is 19.1 Å². The molecule has 2 saturated carbocycles. The third kappa shape index (κ3) is 3.92. The Morgan fingerprint density at radius 1 is 1.14 bits per heavy atom. The van der Waals surface area contributed by atoms with Gasteiger partial charge in [0.2, 0.25) is 0 Å².